The Morgan fingerprint density at radius 2 is 1.61 bits per heavy atom. The first-order chi connectivity index (χ1) is 17.2. The largest absolute Gasteiger partial charge is 0.497 e. The number of methoxy groups -OCH3 is 1. The molecular formula is C26H27ClF2N2O4S. The molecular weight excluding hydrogens is 510 g/mol. The fourth-order valence-electron chi connectivity index (χ4n) is 4.10. The fourth-order valence-corrected chi connectivity index (χ4v) is 5.70. The molecule has 1 fully saturated rings. The maximum absolute atomic E-state index is 13.6. The van der Waals surface area contributed by atoms with Crippen molar-refractivity contribution >= 4 is 21.6 Å². The standard InChI is InChI=1S/C26H27ClF2N2O4S/c1-34-24-4-2-3-19(13-24)18-35-26(20-5-7-21(27)8-6-20)17-30-9-11-31(12-10-30)36(32,33)25-15-22(28)14-23(29)16-25/h2-8,13-16,26H,9-12,17-18H2,1H3/t26-/m1/s1. The molecule has 0 saturated carbocycles. The number of nitrogens with zero attached hydrogens (tertiary/aromatic N) is 2. The minimum Gasteiger partial charge on any atom is -0.497 e. The highest BCUT2D eigenvalue weighted by Gasteiger charge is 2.30. The molecule has 0 aromatic heterocycles. The SMILES string of the molecule is COc1cccc(CO[C@H](CN2CCN(S(=O)(=O)c3cc(F)cc(F)c3)CC2)c2ccc(Cl)cc2)c1. The highest BCUT2D eigenvalue weighted by Crippen LogP contribution is 2.25. The van der Waals surface area contributed by atoms with E-state index in [2.05, 4.69) is 4.90 Å². The van der Waals surface area contributed by atoms with Crippen LogP contribution in [0, 0.1) is 11.6 Å². The van der Waals surface area contributed by atoms with Gasteiger partial charge in [0, 0.05) is 43.8 Å². The van der Waals surface area contributed by atoms with Gasteiger partial charge in [-0.2, -0.15) is 4.31 Å². The van der Waals surface area contributed by atoms with Gasteiger partial charge in [-0.15, -0.1) is 0 Å². The number of ether oxygens (including phenoxy) is 2. The molecule has 36 heavy (non-hydrogen) atoms. The lowest BCUT2D eigenvalue weighted by Gasteiger charge is -2.36. The van der Waals surface area contributed by atoms with Crippen molar-refractivity contribution < 1.29 is 26.7 Å². The second kappa shape index (κ2) is 11.7. The van der Waals surface area contributed by atoms with Crippen molar-refractivity contribution in [1.29, 1.82) is 0 Å². The number of halogens is 3. The van der Waals surface area contributed by atoms with Crippen LogP contribution in [-0.4, -0.2) is 57.5 Å². The highest BCUT2D eigenvalue weighted by molar-refractivity contribution is 7.89. The normalized spacial score (nSPS) is 16.1. The van der Waals surface area contributed by atoms with Gasteiger partial charge in [-0.3, -0.25) is 4.90 Å². The Morgan fingerprint density at radius 3 is 2.25 bits per heavy atom. The molecule has 10 heteroatoms. The van der Waals surface area contributed by atoms with Crippen LogP contribution in [0.15, 0.2) is 71.6 Å². The van der Waals surface area contributed by atoms with Crippen molar-refractivity contribution in [3.8, 4) is 5.75 Å². The Bertz CT molecular complexity index is 1260. The molecule has 0 aliphatic carbocycles. The first-order valence-electron chi connectivity index (χ1n) is 11.4. The molecule has 4 rings (SSSR count). The van der Waals surface area contributed by atoms with Crippen LogP contribution in [0.1, 0.15) is 17.2 Å². The van der Waals surface area contributed by atoms with Crippen LogP contribution in [0.4, 0.5) is 8.78 Å². The third kappa shape index (κ3) is 6.60. The second-order valence-corrected chi connectivity index (χ2v) is 10.9. The number of benzene rings is 3. The summed E-state index contributed by atoms with van der Waals surface area (Å²) in [6.45, 7) is 2.19. The van der Waals surface area contributed by atoms with Crippen molar-refractivity contribution in [2.45, 2.75) is 17.6 Å². The van der Waals surface area contributed by atoms with Crippen molar-refractivity contribution in [3.63, 3.8) is 0 Å². The summed E-state index contributed by atoms with van der Waals surface area (Å²) in [4.78, 5) is 1.73. The predicted molar refractivity (Wildman–Crippen MR) is 134 cm³/mol. The number of hydrogen-bond donors (Lipinski definition) is 0. The molecule has 0 spiro atoms. The van der Waals surface area contributed by atoms with Gasteiger partial charge in [-0.25, -0.2) is 17.2 Å². The predicted octanol–water partition coefficient (Wildman–Crippen LogP) is 4.89. The smallest absolute Gasteiger partial charge is 0.243 e. The van der Waals surface area contributed by atoms with Crippen LogP contribution in [0.5, 0.6) is 5.75 Å². The lowest BCUT2D eigenvalue weighted by Crippen LogP contribution is -2.49. The van der Waals surface area contributed by atoms with E-state index >= 15 is 0 Å². The van der Waals surface area contributed by atoms with E-state index in [1.807, 2.05) is 36.4 Å². The van der Waals surface area contributed by atoms with E-state index < -0.39 is 21.7 Å². The molecule has 0 unspecified atom stereocenters. The van der Waals surface area contributed by atoms with Crippen LogP contribution in [0.25, 0.3) is 0 Å². The number of hydrogen-bond acceptors (Lipinski definition) is 5. The van der Waals surface area contributed by atoms with E-state index in [9.17, 15) is 17.2 Å². The van der Waals surface area contributed by atoms with Gasteiger partial charge in [0.15, 0.2) is 0 Å². The lowest BCUT2D eigenvalue weighted by molar-refractivity contribution is 0.00767. The number of piperazine rings is 1. The molecule has 1 aliphatic rings. The molecule has 6 nitrogen and oxygen atoms in total. The van der Waals surface area contributed by atoms with Gasteiger partial charge < -0.3 is 9.47 Å². The van der Waals surface area contributed by atoms with Crippen LogP contribution >= 0.6 is 11.6 Å². The van der Waals surface area contributed by atoms with Gasteiger partial charge in [0.05, 0.1) is 24.7 Å². The van der Waals surface area contributed by atoms with Crippen molar-refractivity contribution in [2.75, 3.05) is 39.8 Å². The summed E-state index contributed by atoms with van der Waals surface area (Å²) in [5.41, 5.74) is 1.92. The molecule has 0 radical (unpaired) electrons. The van der Waals surface area contributed by atoms with Crippen LogP contribution in [0.3, 0.4) is 0 Å². The van der Waals surface area contributed by atoms with Crippen molar-refractivity contribution in [1.82, 2.24) is 9.21 Å². The van der Waals surface area contributed by atoms with E-state index in [0.717, 1.165) is 29.0 Å². The Kier molecular flexibility index (Phi) is 8.58. The third-order valence-corrected chi connectivity index (χ3v) is 8.18. The summed E-state index contributed by atoms with van der Waals surface area (Å²) < 4.78 is 65.8. The molecule has 0 amide bonds. The van der Waals surface area contributed by atoms with Gasteiger partial charge >= 0.3 is 0 Å². The summed E-state index contributed by atoms with van der Waals surface area (Å²) in [5, 5.41) is 0.623. The second-order valence-electron chi connectivity index (χ2n) is 8.51. The third-order valence-electron chi connectivity index (χ3n) is 6.06. The average Bonchev–Trinajstić information content (AvgIpc) is 2.87. The highest BCUT2D eigenvalue weighted by atomic mass is 35.5. The molecule has 192 valence electrons. The van der Waals surface area contributed by atoms with Gasteiger partial charge in [0.25, 0.3) is 0 Å². The van der Waals surface area contributed by atoms with E-state index in [1.165, 1.54) is 4.31 Å². The average molecular weight is 537 g/mol. The maximum atomic E-state index is 13.6. The minimum absolute atomic E-state index is 0.198. The maximum Gasteiger partial charge on any atom is 0.243 e. The summed E-state index contributed by atoms with van der Waals surface area (Å²) >= 11 is 6.07. The Hall–Kier alpha value is -2.56. The number of rotatable bonds is 9. The topological polar surface area (TPSA) is 59.1 Å². The molecule has 0 bridgehead atoms. The molecule has 3 aromatic rings. The molecule has 1 aliphatic heterocycles. The Balaban J connectivity index is 1.43. The summed E-state index contributed by atoms with van der Waals surface area (Å²) in [5.74, 6) is -1.10. The summed E-state index contributed by atoms with van der Waals surface area (Å²) in [6.07, 6.45) is -0.283. The zero-order valence-electron chi connectivity index (χ0n) is 19.7. The van der Waals surface area contributed by atoms with Crippen molar-refractivity contribution in [3.05, 3.63) is 94.5 Å². The molecule has 0 N–H and O–H groups in total. The first-order valence-corrected chi connectivity index (χ1v) is 13.2. The van der Waals surface area contributed by atoms with Gasteiger partial charge in [-0.05, 0) is 47.5 Å². The van der Waals surface area contributed by atoms with Crippen molar-refractivity contribution in [2.24, 2.45) is 0 Å². The van der Waals surface area contributed by atoms with Gasteiger partial charge in [-0.1, -0.05) is 35.9 Å². The monoisotopic (exact) mass is 536 g/mol. The zero-order valence-corrected chi connectivity index (χ0v) is 21.3. The van der Waals surface area contributed by atoms with E-state index in [0.29, 0.717) is 37.3 Å². The van der Waals surface area contributed by atoms with Gasteiger partial charge in [0.2, 0.25) is 10.0 Å². The quantitative estimate of drug-likeness (QED) is 0.390. The minimum atomic E-state index is -4.00. The molecule has 1 atom stereocenters. The summed E-state index contributed by atoms with van der Waals surface area (Å²) in [6, 6.07) is 17.4. The fraction of sp³-hybridized carbons (Fsp3) is 0.308. The zero-order chi connectivity index (χ0) is 25.7. The Morgan fingerprint density at radius 1 is 0.944 bits per heavy atom. The Labute approximate surface area is 215 Å². The molecule has 1 heterocycles. The lowest BCUT2D eigenvalue weighted by atomic mass is 10.1. The van der Waals surface area contributed by atoms with Gasteiger partial charge in [0.1, 0.15) is 17.4 Å². The van der Waals surface area contributed by atoms with E-state index in [1.54, 1.807) is 19.2 Å². The van der Waals surface area contributed by atoms with E-state index in [-0.39, 0.29) is 24.1 Å². The van der Waals surface area contributed by atoms with Crippen LogP contribution in [0.2, 0.25) is 5.02 Å². The molecule has 3 aromatic carbocycles. The van der Waals surface area contributed by atoms with E-state index in [4.69, 9.17) is 21.1 Å². The molecule has 1 saturated heterocycles. The number of sulfonamides is 1. The first kappa shape index (κ1) is 26.5. The van der Waals surface area contributed by atoms with Crippen LogP contribution in [-0.2, 0) is 21.4 Å². The van der Waals surface area contributed by atoms with Crippen LogP contribution < -0.4 is 4.74 Å². The summed E-state index contributed by atoms with van der Waals surface area (Å²) in [7, 11) is -2.39.